The first-order valence-corrected chi connectivity index (χ1v) is 10.4. The van der Waals surface area contributed by atoms with Crippen molar-refractivity contribution >= 4 is 23.2 Å². The Morgan fingerprint density at radius 3 is 2.34 bits per heavy atom. The second kappa shape index (κ2) is 10.2. The predicted octanol–water partition coefficient (Wildman–Crippen LogP) is 3.27. The summed E-state index contributed by atoms with van der Waals surface area (Å²) in [6.45, 7) is 0.839. The average Bonchev–Trinajstić information content (AvgIpc) is 2.80. The lowest BCUT2D eigenvalue weighted by molar-refractivity contribution is -0.137. The maximum atomic E-state index is 13.1. The lowest BCUT2D eigenvalue weighted by atomic mass is 10.2. The summed E-state index contributed by atoms with van der Waals surface area (Å²) in [6.07, 6.45) is -3.11. The molecule has 0 amide bonds. The number of carbonyl (C=O) groups is 1. The van der Waals surface area contributed by atoms with Gasteiger partial charge in [-0.25, -0.2) is 14.5 Å². The number of ketones is 1. The zero-order chi connectivity index (χ0) is 25.9. The van der Waals surface area contributed by atoms with Crippen LogP contribution in [0.5, 0.6) is 11.5 Å². The maximum Gasteiger partial charge on any atom is 0.417 e. The van der Waals surface area contributed by atoms with E-state index < -0.39 is 28.8 Å². The molecule has 9 nitrogen and oxygen atoms in total. The Labute approximate surface area is 201 Å². The zero-order valence-corrected chi connectivity index (χ0v) is 19.6. The van der Waals surface area contributed by atoms with Crippen molar-refractivity contribution in [1.82, 2.24) is 14.2 Å². The van der Waals surface area contributed by atoms with Gasteiger partial charge in [-0.05, 0) is 37.3 Å². The van der Waals surface area contributed by atoms with Crippen LogP contribution in [0.1, 0.15) is 22.8 Å². The fourth-order valence-electron chi connectivity index (χ4n) is 3.09. The molecule has 0 spiro atoms. The molecule has 0 aliphatic carbocycles. The molecule has 1 aromatic carbocycles. The van der Waals surface area contributed by atoms with E-state index in [-0.39, 0.29) is 29.6 Å². The summed E-state index contributed by atoms with van der Waals surface area (Å²) in [6, 6.07) is 7.27. The highest BCUT2D eigenvalue weighted by atomic mass is 35.5. The van der Waals surface area contributed by atoms with Gasteiger partial charge >= 0.3 is 11.9 Å². The highest BCUT2D eigenvalue weighted by molar-refractivity contribution is 6.33. The first-order chi connectivity index (χ1) is 16.4. The summed E-state index contributed by atoms with van der Waals surface area (Å²) in [5, 5.41) is 0.650. The third kappa shape index (κ3) is 5.65. The molecule has 0 aliphatic rings. The van der Waals surface area contributed by atoms with E-state index in [9.17, 15) is 27.6 Å². The number of Topliss-reactive ketones (excluding diaryl/α,β-unsaturated/α-hetero) is 1. The van der Waals surface area contributed by atoms with Crippen LogP contribution in [0.4, 0.5) is 19.0 Å². The van der Waals surface area contributed by atoms with E-state index in [1.165, 1.54) is 14.2 Å². The Morgan fingerprint density at radius 1 is 1.17 bits per heavy atom. The maximum absolute atomic E-state index is 13.1. The summed E-state index contributed by atoms with van der Waals surface area (Å²) in [4.78, 5) is 41.6. The molecule has 0 N–H and O–H groups in total. The molecule has 13 heteroatoms. The smallest absolute Gasteiger partial charge is 0.417 e. The molecule has 0 atom stereocenters. The highest BCUT2D eigenvalue weighted by Crippen LogP contribution is 2.33. The van der Waals surface area contributed by atoms with Gasteiger partial charge in [-0.15, -0.1) is 0 Å². The number of halogens is 4. The van der Waals surface area contributed by atoms with Crippen LogP contribution in [0.2, 0.25) is 5.02 Å². The molecule has 35 heavy (non-hydrogen) atoms. The van der Waals surface area contributed by atoms with Crippen LogP contribution in [0.3, 0.4) is 0 Å². The molecule has 0 unspecified atom stereocenters. The Morgan fingerprint density at radius 2 is 1.80 bits per heavy atom. The number of ether oxygens (including phenoxy) is 2. The van der Waals surface area contributed by atoms with Crippen molar-refractivity contribution in [2.24, 2.45) is 0 Å². The van der Waals surface area contributed by atoms with Crippen LogP contribution in [-0.2, 0) is 12.7 Å². The van der Waals surface area contributed by atoms with E-state index >= 15 is 0 Å². The van der Waals surface area contributed by atoms with Gasteiger partial charge in [0.1, 0.15) is 23.7 Å². The molecule has 0 saturated carbocycles. The minimum absolute atomic E-state index is 0.0914. The quantitative estimate of drug-likeness (QED) is 0.427. The van der Waals surface area contributed by atoms with Crippen molar-refractivity contribution in [2.45, 2.75) is 19.6 Å². The molecule has 0 saturated heterocycles. The van der Waals surface area contributed by atoms with Crippen LogP contribution >= 0.6 is 11.6 Å². The van der Waals surface area contributed by atoms with Gasteiger partial charge in [0.15, 0.2) is 11.6 Å². The van der Waals surface area contributed by atoms with E-state index in [1.807, 2.05) is 0 Å². The summed E-state index contributed by atoms with van der Waals surface area (Å²) >= 11 is 6.00. The molecular weight excluding hydrogens is 493 g/mol. The number of nitrogens with zero attached hydrogens (tertiary/aromatic N) is 4. The number of hydrogen-bond donors (Lipinski definition) is 0. The number of pyridine rings is 1. The van der Waals surface area contributed by atoms with Gasteiger partial charge in [-0.1, -0.05) is 11.6 Å². The number of benzene rings is 1. The summed E-state index contributed by atoms with van der Waals surface area (Å²) in [5.74, 6) is 0.258. The number of methoxy groups -OCH3 is 1. The van der Waals surface area contributed by atoms with Crippen LogP contribution in [-0.4, -0.2) is 40.8 Å². The highest BCUT2D eigenvalue weighted by Gasteiger charge is 2.32. The molecule has 0 radical (unpaired) electrons. The molecule has 186 valence electrons. The minimum Gasteiger partial charge on any atom is -0.497 e. The van der Waals surface area contributed by atoms with Crippen molar-refractivity contribution in [1.29, 1.82) is 0 Å². The predicted molar refractivity (Wildman–Crippen MR) is 122 cm³/mol. The Kier molecular flexibility index (Phi) is 7.54. The largest absolute Gasteiger partial charge is 0.497 e. The van der Waals surface area contributed by atoms with Crippen molar-refractivity contribution in [2.75, 3.05) is 25.8 Å². The fourth-order valence-corrected chi connectivity index (χ4v) is 3.38. The number of rotatable bonds is 8. The number of aromatic nitrogens is 3. The third-order valence-electron chi connectivity index (χ3n) is 4.96. The van der Waals surface area contributed by atoms with Crippen molar-refractivity contribution in [3.8, 4) is 11.5 Å². The molecule has 3 rings (SSSR count). The van der Waals surface area contributed by atoms with E-state index in [2.05, 4.69) is 4.98 Å². The van der Waals surface area contributed by atoms with Gasteiger partial charge in [-0.3, -0.25) is 19.2 Å². The first kappa shape index (κ1) is 25.8. The minimum atomic E-state index is -4.66. The van der Waals surface area contributed by atoms with Crippen LogP contribution < -0.4 is 25.7 Å². The summed E-state index contributed by atoms with van der Waals surface area (Å²) in [5.41, 5.74) is -3.10. The Bertz CT molecular complexity index is 1350. The van der Waals surface area contributed by atoms with E-state index in [0.717, 1.165) is 27.4 Å². The number of hydrogen-bond acceptors (Lipinski definition) is 7. The van der Waals surface area contributed by atoms with E-state index in [0.29, 0.717) is 23.8 Å². The molecule has 0 aliphatic heterocycles. The first-order valence-electron chi connectivity index (χ1n) is 10.0. The molecular formula is C22H20ClF3N4O5. The monoisotopic (exact) mass is 512 g/mol. The van der Waals surface area contributed by atoms with E-state index in [4.69, 9.17) is 21.1 Å². The van der Waals surface area contributed by atoms with Gasteiger partial charge < -0.3 is 9.47 Å². The number of anilines is 1. The molecule has 3 aromatic rings. The van der Waals surface area contributed by atoms with Gasteiger partial charge in [0.25, 0.3) is 5.56 Å². The molecule has 2 aromatic heterocycles. The number of carbonyl (C=O) groups excluding carboxylic acids is 1. The van der Waals surface area contributed by atoms with Gasteiger partial charge in [0, 0.05) is 19.4 Å². The second-order valence-corrected chi connectivity index (χ2v) is 7.66. The summed E-state index contributed by atoms with van der Waals surface area (Å²) in [7, 11) is 2.81. The normalized spacial score (nSPS) is 11.3. The summed E-state index contributed by atoms with van der Waals surface area (Å²) < 4.78 is 51.1. The second-order valence-electron chi connectivity index (χ2n) is 7.26. The van der Waals surface area contributed by atoms with Crippen molar-refractivity contribution in [3.05, 3.63) is 79.7 Å². The van der Waals surface area contributed by atoms with Gasteiger partial charge in [0.05, 0.1) is 24.2 Å². The van der Waals surface area contributed by atoms with Crippen LogP contribution in [0.25, 0.3) is 0 Å². The van der Waals surface area contributed by atoms with E-state index in [1.54, 1.807) is 24.3 Å². The SMILES string of the molecule is COc1ccc(OCCn2c(=O)c(C(C)=O)cn(N(C)c3ncc(C(F)(F)F)cc3Cl)c2=O)cc1. The Hall–Kier alpha value is -3.80. The van der Waals surface area contributed by atoms with Crippen LogP contribution in [0, 0.1) is 0 Å². The van der Waals surface area contributed by atoms with Crippen molar-refractivity contribution in [3.63, 3.8) is 0 Å². The molecule has 0 bridgehead atoms. The lowest BCUT2D eigenvalue weighted by Gasteiger charge is -2.23. The fraction of sp³-hybridized carbons (Fsp3) is 0.273. The Balaban J connectivity index is 1.96. The zero-order valence-electron chi connectivity index (χ0n) is 18.8. The van der Waals surface area contributed by atoms with Gasteiger partial charge in [0.2, 0.25) is 0 Å². The topological polar surface area (TPSA) is 95.7 Å². The van der Waals surface area contributed by atoms with Crippen molar-refractivity contribution < 1.29 is 27.4 Å². The standard InChI is InChI=1S/C22H20ClF3N4O5/c1-13(31)17-12-30(28(2)19-18(23)10-14(11-27-19)22(24,25)26)21(33)29(20(17)32)8-9-35-16-6-4-15(34-3)5-7-16/h4-7,10-12H,8-9H2,1-3H3. The average molecular weight is 513 g/mol. The lowest BCUT2D eigenvalue weighted by Crippen LogP contribution is -2.48. The van der Waals surface area contributed by atoms with Gasteiger partial charge in [-0.2, -0.15) is 13.2 Å². The molecule has 2 heterocycles. The third-order valence-corrected chi connectivity index (χ3v) is 5.23. The number of alkyl halides is 3. The van der Waals surface area contributed by atoms with Crippen LogP contribution in [0.15, 0.2) is 52.3 Å². The molecule has 0 fully saturated rings.